The average Bonchev–Trinajstić information content (AvgIpc) is 3.18. The fraction of sp³-hybridized carbons (Fsp3) is 0.484. The van der Waals surface area contributed by atoms with Crippen molar-refractivity contribution in [3.8, 4) is 22.9 Å². The van der Waals surface area contributed by atoms with Gasteiger partial charge in [-0.3, -0.25) is 9.88 Å². The Bertz CT molecular complexity index is 1310. The molecule has 3 heterocycles. The van der Waals surface area contributed by atoms with E-state index in [2.05, 4.69) is 47.9 Å². The molecule has 5 atom stereocenters. The van der Waals surface area contributed by atoms with Crippen LogP contribution in [0, 0.1) is 17.2 Å². The van der Waals surface area contributed by atoms with Gasteiger partial charge < -0.3 is 14.4 Å². The maximum atomic E-state index is 9.18. The van der Waals surface area contributed by atoms with E-state index in [0.717, 1.165) is 59.0 Å². The van der Waals surface area contributed by atoms with Gasteiger partial charge in [0.1, 0.15) is 0 Å². The molecule has 0 spiro atoms. The summed E-state index contributed by atoms with van der Waals surface area (Å²) in [6.07, 6.45) is 7.63. The number of hydrogen-bond donors (Lipinski definition) is 0. The number of ether oxygens (including phenoxy) is 2. The zero-order chi connectivity index (χ0) is 25.5. The molecular weight excluding hydrogens is 460 g/mol. The molecule has 2 bridgehead atoms. The molecule has 2 aliphatic heterocycles. The van der Waals surface area contributed by atoms with Gasteiger partial charge in [-0.2, -0.15) is 5.26 Å². The second-order valence-corrected chi connectivity index (χ2v) is 11.2. The van der Waals surface area contributed by atoms with Crippen LogP contribution in [0.1, 0.15) is 45.1 Å². The van der Waals surface area contributed by atoms with E-state index >= 15 is 0 Å². The summed E-state index contributed by atoms with van der Waals surface area (Å²) in [5, 5.41) is 10.2. The smallest absolute Gasteiger partial charge is 0.153 e. The standard InChI is InChI=1S/C31H36N4O2/c1-20-17-34(18-21(2)37-20)25-12-9-23-13-26(14-25)35(19-23)29-16-33-30-27(5-4-6-28(30)31(29)36-3)24-10-7-22(15-32)8-11-24/h4-8,10-11,16,20-21,23,25-26H,9,12-14,17-19H2,1-3H3/t20-,21+,23?,25?,26?. The lowest BCUT2D eigenvalue weighted by atomic mass is 9.98. The minimum atomic E-state index is 0.301. The minimum Gasteiger partial charge on any atom is -0.494 e. The van der Waals surface area contributed by atoms with Crippen molar-refractivity contribution in [3.63, 3.8) is 0 Å². The Labute approximate surface area is 219 Å². The molecule has 6 nitrogen and oxygen atoms in total. The molecule has 6 heteroatoms. The highest BCUT2D eigenvalue weighted by Gasteiger charge is 2.40. The molecule has 192 valence electrons. The van der Waals surface area contributed by atoms with Crippen molar-refractivity contribution in [2.75, 3.05) is 31.6 Å². The monoisotopic (exact) mass is 496 g/mol. The number of fused-ring (bicyclic) bond motifs is 3. The topological polar surface area (TPSA) is 61.6 Å². The van der Waals surface area contributed by atoms with Gasteiger partial charge in [0.15, 0.2) is 5.75 Å². The maximum Gasteiger partial charge on any atom is 0.153 e. The van der Waals surface area contributed by atoms with Crippen molar-refractivity contribution in [1.29, 1.82) is 5.26 Å². The molecule has 2 saturated heterocycles. The van der Waals surface area contributed by atoms with E-state index < -0.39 is 0 Å². The van der Waals surface area contributed by atoms with Crippen LogP contribution < -0.4 is 9.64 Å². The maximum absolute atomic E-state index is 9.18. The lowest BCUT2D eigenvalue weighted by molar-refractivity contribution is -0.0825. The van der Waals surface area contributed by atoms with E-state index in [1.165, 1.54) is 25.7 Å². The molecule has 3 aromatic rings. The van der Waals surface area contributed by atoms with Crippen LogP contribution >= 0.6 is 0 Å². The first-order valence-corrected chi connectivity index (χ1v) is 13.7. The second kappa shape index (κ2) is 9.96. The first-order valence-electron chi connectivity index (χ1n) is 13.7. The normalized spacial score (nSPS) is 28.2. The molecule has 3 fully saturated rings. The third-order valence-electron chi connectivity index (χ3n) is 8.59. The fourth-order valence-electron chi connectivity index (χ4n) is 7.01. The summed E-state index contributed by atoms with van der Waals surface area (Å²) in [6.45, 7) is 7.55. The van der Waals surface area contributed by atoms with Crippen molar-refractivity contribution in [2.24, 2.45) is 5.92 Å². The van der Waals surface area contributed by atoms with Gasteiger partial charge in [-0.05, 0) is 69.2 Å². The molecule has 3 aliphatic rings. The van der Waals surface area contributed by atoms with Gasteiger partial charge in [0.2, 0.25) is 0 Å². The summed E-state index contributed by atoms with van der Waals surface area (Å²) in [5.74, 6) is 1.63. The number of rotatable bonds is 4. The highest BCUT2D eigenvalue weighted by molar-refractivity contribution is 5.99. The van der Waals surface area contributed by atoms with E-state index in [4.69, 9.17) is 14.5 Å². The van der Waals surface area contributed by atoms with E-state index in [1.807, 2.05) is 30.5 Å². The zero-order valence-corrected chi connectivity index (χ0v) is 22.1. The van der Waals surface area contributed by atoms with E-state index in [9.17, 15) is 5.26 Å². The third-order valence-corrected chi connectivity index (χ3v) is 8.59. The van der Waals surface area contributed by atoms with Gasteiger partial charge in [-0.1, -0.05) is 24.3 Å². The zero-order valence-electron chi connectivity index (χ0n) is 22.1. The summed E-state index contributed by atoms with van der Waals surface area (Å²) < 4.78 is 12.1. The van der Waals surface area contributed by atoms with Gasteiger partial charge in [0.25, 0.3) is 0 Å². The van der Waals surface area contributed by atoms with Crippen LogP contribution in [0.3, 0.4) is 0 Å². The number of anilines is 1. The predicted molar refractivity (Wildman–Crippen MR) is 147 cm³/mol. The van der Waals surface area contributed by atoms with Crippen molar-refractivity contribution in [2.45, 2.75) is 63.8 Å². The Balaban J connectivity index is 1.32. The number of pyridine rings is 1. The van der Waals surface area contributed by atoms with Gasteiger partial charge in [-0.15, -0.1) is 0 Å². The highest BCUT2D eigenvalue weighted by atomic mass is 16.5. The lowest BCUT2D eigenvalue weighted by Crippen LogP contribution is -2.51. The minimum absolute atomic E-state index is 0.301. The van der Waals surface area contributed by atoms with Gasteiger partial charge in [0.05, 0.1) is 48.4 Å². The Morgan fingerprint density at radius 3 is 2.49 bits per heavy atom. The number of benzene rings is 2. The molecule has 1 aromatic heterocycles. The SMILES string of the molecule is COc1c(N2CC3CCC(N4C[C@@H](C)O[C@@H](C)C4)CC2C3)cnc2c(-c3ccc(C#N)cc3)cccc12. The lowest BCUT2D eigenvalue weighted by Gasteiger charge is -2.42. The number of morpholine rings is 1. The van der Waals surface area contributed by atoms with Crippen molar-refractivity contribution < 1.29 is 9.47 Å². The molecule has 6 rings (SSSR count). The molecule has 1 saturated carbocycles. The number of para-hydroxylation sites is 1. The summed E-state index contributed by atoms with van der Waals surface area (Å²) in [4.78, 5) is 10.3. The van der Waals surface area contributed by atoms with Crippen LogP contribution in [0.15, 0.2) is 48.7 Å². The van der Waals surface area contributed by atoms with Crippen molar-refractivity contribution in [1.82, 2.24) is 9.88 Å². The Morgan fingerprint density at radius 2 is 1.76 bits per heavy atom. The van der Waals surface area contributed by atoms with Crippen molar-refractivity contribution in [3.05, 3.63) is 54.2 Å². The van der Waals surface area contributed by atoms with Gasteiger partial charge in [-0.25, -0.2) is 0 Å². The summed E-state index contributed by atoms with van der Waals surface area (Å²) in [6, 6.07) is 17.3. The quantitative estimate of drug-likeness (QED) is 0.466. The molecule has 0 amide bonds. The van der Waals surface area contributed by atoms with Crippen LogP contribution in [0.4, 0.5) is 5.69 Å². The van der Waals surface area contributed by atoms with Crippen LogP contribution in [0.25, 0.3) is 22.0 Å². The van der Waals surface area contributed by atoms with Crippen LogP contribution in [-0.2, 0) is 4.74 Å². The number of methoxy groups -OCH3 is 1. The molecule has 37 heavy (non-hydrogen) atoms. The fourth-order valence-corrected chi connectivity index (χ4v) is 7.01. The van der Waals surface area contributed by atoms with Gasteiger partial charge in [0, 0.05) is 42.7 Å². The molecule has 0 radical (unpaired) electrons. The van der Waals surface area contributed by atoms with E-state index in [0.29, 0.717) is 29.9 Å². The molecule has 0 N–H and O–H groups in total. The Morgan fingerprint density at radius 1 is 0.973 bits per heavy atom. The van der Waals surface area contributed by atoms with Crippen LogP contribution in [-0.4, -0.2) is 60.9 Å². The molecule has 3 unspecified atom stereocenters. The van der Waals surface area contributed by atoms with E-state index in [-0.39, 0.29) is 0 Å². The average molecular weight is 497 g/mol. The number of nitriles is 1. The highest BCUT2D eigenvalue weighted by Crippen LogP contribution is 2.45. The number of nitrogens with zero attached hydrogens (tertiary/aromatic N) is 4. The predicted octanol–water partition coefficient (Wildman–Crippen LogP) is 5.64. The van der Waals surface area contributed by atoms with Crippen LogP contribution in [0.2, 0.25) is 0 Å². The number of hydrogen-bond acceptors (Lipinski definition) is 6. The Hall–Kier alpha value is -3.14. The van der Waals surface area contributed by atoms with Gasteiger partial charge >= 0.3 is 0 Å². The number of aromatic nitrogens is 1. The molecule has 1 aliphatic carbocycles. The first-order chi connectivity index (χ1) is 18.0. The largest absolute Gasteiger partial charge is 0.494 e. The summed E-state index contributed by atoms with van der Waals surface area (Å²) in [5.41, 5.74) is 4.81. The summed E-state index contributed by atoms with van der Waals surface area (Å²) >= 11 is 0. The molecular formula is C31H36N4O2. The van der Waals surface area contributed by atoms with Crippen molar-refractivity contribution >= 4 is 16.6 Å². The molecule has 2 aromatic carbocycles. The summed E-state index contributed by atoms with van der Waals surface area (Å²) in [7, 11) is 1.78. The Kier molecular flexibility index (Phi) is 6.52. The van der Waals surface area contributed by atoms with E-state index in [1.54, 1.807) is 7.11 Å². The third kappa shape index (κ3) is 4.56. The second-order valence-electron chi connectivity index (χ2n) is 11.2. The first kappa shape index (κ1) is 24.2. The van der Waals surface area contributed by atoms with Crippen LogP contribution in [0.5, 0.6) is 5.75 Å².